The van der Waals surface area contributed by atoms with Crippen molar-refractivity contribution in [1.82, 2.24) is 19.6 Å². The molecule has 2 aliphatic rings. The number of amides is 1. The highest BCUT2D eigenvalue weighted by molar-refractivity contribution is 6.32. The van der Waals surface area contributed by atoms with Gasteiger partial charge in [-0.1, -0.05) is 41.4 Å². The van der Waals surface area contributed by atoms with Crippen molar-refractivity contribution in [3.8, 4) is 0 Å². The molecule has 1 aliphatic carbocycles. The molecule has 5 nitrogen and oxygen atoms in total. The van der Waals surface area contributed by atoms with E-state index >= 15 is 0 Å². The van der Waals surface area contributed by atoms with Crippen molar-refractivity contribution in [1.29, 1.82) is 0 Å². The Morgan fingerprint density at radius 3 is 2.59 bits per heavy atom. The van der Waals surface area contributed by atoms with Crippen LogP contribution in [0.25, 0.3) is 0 Å². The summed E-state index contributed by atoms with van der Waals surface area (Å²) in [6, 6.07) is 8.44. The third kappa shape index (κ3) is 4.61. The minimum atomic E-state index is -2.73. The lowest BCUT2D eigenvalue weighted by atomic mass is 10.1. The summed E-state index contributed by atoms with van der Waals surface area (Å²) in [6.45, 7) is 5.74. The molecule has 0 atom stereocenters. The van der Waals surface area contributed by atoms with Crippen molar-refractivity contribution in [2.45, 2.75) is 45.2 Å². The summed E-state index contributed by atoms with van der Waals surface area (Å²) in [5, 5.41) is 3.99. The van der Waals surface area contributed by atoms with Gasteiger partial charge in [0.2, 0.25) is 5.91 Å². The summed E-state index contributed by atoms with van der Waals surface area (Å²) in [7, 11) is 0. The zero-order valence-electron chi connectivity index (χ0n) is 16.5. The van der Waals surface area contributed by atoms with Crippen LogP contribution in [-0.2, 0) is 17.9 Å². The molecule has 2 aromatic rings. The van der Waals surface area contributed by atoms with Gasteiger partial charge >= 0.3 is 0 Å². The van der Waals surface area contributed by atoms with E-state index in [2.05, 4.69) is 41.2 Å². The van der Waals surface area contributed by atoms with Gasteiger partial charge in [0.05, 0.1) is 10.7 Å². The van der Waals surface area contributed by atoms with Gasteiger partial charge in [-0.3, -0.25) is 14.4 Å². The first-order chi connectivity index (χ1) is 13.9. The second kappa shape index (κ2) is 8.40. The molecule has 0 N–H and O–H groups in total. The smallest absolute Gasteiger partial charge is 0.283 e. The first-order valence-corrected chi connectivity index (χ1v) is 10.4. The molecule has 156 valence electrons. The largest absolute Gasteiger partial charge is 0.339 e. The average molecular weight is 423 g/mol. The van der Waals surface area contributed by atoms with Crippen molar-refractivity contribution in [3.05, 3.63) is 51.8 Å². The molecule has 2 heterocycles. The highest BCUT2D eigenvalue weighted by atomic mass is 35.5. The summed E-state index contributed by atoms with van der Waals surface area (Å²) in [6.07, 6.45) is -0.929. The number of nitrogens with zero attached hydrogens (tertiary/aromatic N) is 4. The molecular formula is C21H25ClF2N4O. The summed E-state index contributed by atoms with van der Waals surface area (Å²) >= 11 is 6.14. The first kappa shape index (κ1) is 20.3. The predicted molar refractivity (Wildman–Crippen MR) is 107 cm³/mol. The molecule has 4 rings (SSSR count). The number of hydrogen-bond acceptors (Lipinski definition) is 3. The molecule has 8 heteroatoms. The van der Waals surface area contributed by atoms with Crippen LogP contribution in [0.15, 0.2) is 24.3 Å². The minimum Gasteiger partial charge on any atom is -0.339 e. The van der Waals surface area contributed by atoms with Crippen molar-refractivity contribution in [2.24, 2.45) is 0 Å². The summed E-state index contributed by atoms with van der Waals surface area (Å²) < 4.78 is 27.8. The third-order valence-corrected chi connectivity index (χ3v) is 6.01. The van der Waals surface area contributed by atoms with E-state index in [1.54, 1.807) is 4.90 Å². The van der Waals surface area contributed by atoms with Gasteiger partial charge in [0.15, 0.2) is 0 Å². The van der Waals surface area contributed by atoms with E-state index in [0.717, 1.165) is 32.5 Å². The molecule has 0 bridgehead atoms. The number of piperazine rings is 1. The van der Waals surface area contributed by atoms with Crippen molar-refractivity contribution in [2.75, 3.05) is 26.2 Å². The quantitative estimate of drug-likeness (QED) is 0.706. The molecule has 29 heavy (non-hydrogen) atoms. The molecule has 0 spiro atoms. The van der Waals surface area contributed by atoms with Crippen LogP contribution in [0, 0.1) is 6.92 Å². The number of rotatable bonds is 6. The molecule has 1 saturated heterocycles. The van der Waals surface area contributed by atoms with Crippen molar-refractivity contribution < 1.29 is 13.6 Å². The Bertz CT molecular complexity index is 889. The second-order valence-electron chi connectivity index (χ2n) is 7.96. The van der Waals surface area contributed by atoms with E-state index in [0.29, 0.717) is 18.8 Å². The van der Waals surface area contributed by atoms with Gasteiger partial charge in [-0.05, 0) is 25.3 Å². The van der Waals surface area contributed by atoms with E-state index in [1.807, 2.05) is 0 Å². The molecule has 1 saturated carbocycles. The van der Waals surface area contributed by atoms with Crippen LogP contribution in [-0.4, -0.2) is 51.7 Å². The normalized spacial score (nSPS) is 17.9. The number of carbonyl (C=O) groups is 1. The monoisotopic (exact) mass is 422 g/mol. The maximum Gasteiger partial charge on any atom is 0.283 e. The Morgan fingerprint density at radius 1 is 1.24 bits per heavy atom. The van der Waals surface area contributed by atoms with Crippen LogP contribution in [0.1, 0.15) is 47.7 Å². The molecule has 1 aliphatic heterocycles. The number of halogens is 3. The van der Waals surface area contributed by atoms with E-state index < -0.39 is 12.1 Å². The SMILES string of the molecule is Cc1cccc(CN2CCN(C(=O)Cn3nc(C(F)F)c(Cl)c3C3CC3)CC2)c1. The molecule has 0 radical (unpaired) electrons. The summed E-state index contributed by atoms with van der Waals surface area (Å²) in [5.41, 5.74) is 2.69. The highest BCUT2D eigenvalue weighted by Crippen LogP contribution is 2.45. The van der Waals surface area contributed by atoms with E-state index in [9.17, 15) is 13.6 Å². The molecule has 1 aromatic heterocycles. The standard InChI is InChI=1S/C21H25ClF2N4O/c1-14-3-2-4-15(11-14)12-26-7-9-27(10-8-26)17(29)13-28-20(16-5-6-16)18(22)19(25-28)21(23)24/h2-4,11,16,21H,5-10,12-13H2,1H3. The molecule has 1 amide bonds. The Balaban J connectivity index is 1.36. The zero-order chi connectivity index (χ0) is 20.5. The van der Waals surface area contributed by atoms with Crippen LogP contribution in [0.4, 0.5) is 8.78 Å². The first-order valence-electron chi connectivity index (χ1n) is 10.0. The van der Waals surface area contributed by atoms with Crippen LogP contribution >= 0.6 is 11.6 Å². The second-order valence-corrected chi connectivity index (χ2v) is 8.34. The van der Waals surface area contributed by atoms with Gasteiger partial charge < -0.3 is 4.90 Å². The maximum atomic E-state index is 13.2. The highest BCUT2D eigenvalue weighted by Gasteiger charge is 2.35. The number of hydrogen-bond donors (Lipinski definition) is 0. The predicted octanol–water partition coefficient (Wildman–Crippen LogP) is 4.00. The van der Waals surface area contributed by atoms with E-state index in [1.165, 1.54) is 15.8 Å². The Hall–Kier alpha value is -1.99. The number of alkyl halides is 2. The summed E-state index contributed by atoms with van der Waals surface area (Å²) in [4.78, 5) is 16.9. The van der Waals surface area contributed by atoms with Gasteiger partial charge in [-0.25, -0.2) is 8.78 Å². The molecule has 2 fully saturated rings. The zero-order valence-corrected chi connectivity index (χ0v) is 17.2. The van der Waals surface area contributed by atoms with Crippen LogP contribution in [0.5, 0.6) is 0 Å². The minimum absolute atomic E-state index is 0.0262. The maximum absolute atomic E-state index is 13.2. The topological polar surface area (TPSA) is 41.4 Å². The van der Waals surface area contributed by atoms with Gasteiger partial charge in [-0.2, -0.15) is 5.10 Å². The van der Waals surface area contributed by atoms with Crippen molar-refractivity contribution in [3.63, 3.8) is 0 Å². The fourth-order valence-corrected chi connectivity index (χ4v) is 4.30. The van der Waals surface area contributed by atoms with E-state index in [-0.39, 0.29) is 23.4 Å². The van der Waals surface area contributed by atoms with Gasteiger partial charge in [0.1, 0.15) is 12.2 Å². The molecular weight excluding hydrogens is 398 g/mol. The number of aromatic nitrogens is 2. The lowest BCUT2D eigenvalue weighted by Crippen LogP contribution is -2.49. The van der Waals surface area contributed by atoms with Gasteiger partial charge in [0.25, 0.3) is 6.43 Å². The van der Waals surface area contributed by atoms with Crippen LogP contribution in [0.2, 0.25) is 5.02 Å². The fraction of sp³-hybridized carbons (Fsp3) is 0.524. The summed E-state index contributed by atoms with van der Waals surface area (Å²) in [5.74, 6) is 0.0450. The Morgan fingerprint density at radius 2 is 1.97 bits per heavy atom. The molecule has 1 aromatic carbocycles. The number of benzene rings is 1. The van der Waals surface area contributed by atoms with Gasteiger partial charge in [0, 0.05) is 38.6 Å². The number of carbonyl (C=O) groups excluding carboxylic acids is 1. The lowest BCUT2D eigenvalue weighted by molar-refractivity contribution is -0.133. The average Bonchev–Trinajstić information content (AvgIpc) is 3.46. The fourth-order valence-electron chi connectivity index (χ4n) is 3.93. The third-order valence-electron chi connectivity index (χ3n) is 5.63. The Labute approximate surface area is 174 Å². The molecule has 0 unspecified atom stereocenters. The van der Waals surface area contributed by atoms with Gasteiger partial charge in [-0.15, -0.1) is 0 Å². The van der Waals surface area contributed by atoms with E-state index in [4.69, 9.17) is 11.6 Å². The van der Waals surface area contributed by atoms with Crippen molar-refractivity contribution >= 4 is 17.5 Å². The number of aryl methyl sites for hydroxylation is 1. The Kier molecular flexibility index (Phi) is 5.88. The van der Waals surface area contributed by atoms with Crippen LogP contribution < -0.4 is 0 Å². The van der Waals surface area contributed by atoms with Crippen LogP contribution in [0.3, 0.4) is 0 Å². The lowest BCUT2D eigenvalue weighted by Gasteiger charge is -2.35.